The van der Waals surface area contributed by atoms with Crippen LogP contribution in [-0.4, -0.2) is 20.4 Å². The molecule has 2 rings (SSSR count). The molecule has 2 aromatic rings. The molecule has 15 heavy (non-hydrogen) atoms. The van der Waals surface area contributed by atoms with Crippen LogP contribution < -0.4 is 0 Å². The number of halogens is 1. The van der Waals surface area contributed by atoms with Crippen molar-refractivity contribution in [3.8, 4) is 11.4 Å². The monoisotopic (exact) mass is 312 g/mol. The fourth-order valence-electron chi connectivity index (χ4n) is 1.22. The highest BCUT2D eigenvalue weighted by molar-refractivity contribution is 14.1. The molecule has 0 aliphatic carbocycles. The van der Waals surface area contributed by atoms with Crippen molar-refractivity contribution in [2.24, 2.45) is 0 Å². The largest absolute Gasteiger partial charge is 0.203 e. The molecule has 0 radical (unpaired) electrons. The summed E-state index contributed by atoms with van der Waals surface area (Å²) in [4.78, 5) is 0. The molecule has 1 aromatic heterocycles. The van der Waals surface area contributed by atoms with Crippen LogP contribution in [0.5, 0.6) is 0 Å². The molecule has 1 aromatic carbocycles. The summed E-state index contributed by atoms with van der Waals surface area (Å²) in [6.07, 6.45) is 0. The van der Waals surface area contributed by atoms with Gasteiger partial charge < -0.3 is 0 Å². The standard InChI is InChI=1S/C10H9IN4/c1-6-3-4-8(11)5-9(6)10-14-12-7(2)13-15-10/h3-5H,1-2H3. The number of nitrogens with zero attached hydrogens (tertiary/aromatic N) is 4. The van der Waals surface area contributed by atoms with E-state index in [0.29, 0.717) is 11.6 Å². The highest BCUT2D eigenvalue weighted by Gasteiger charge is 2.06. The van der Waals surface area contributed by atoms with Crippen molar-refractivity contribution >= 4 is 22.6 Å². The summed E-state index contributed by atoms with van der Waals surface area (Å²) in [7, 11) is 0. The smallest absolute Gasteiger partial charge is 0.131 e. The highest BCUT2D eigenvalue weighted by atomic mass is 127. The fraction of sp³-hybridized carbons (Fsp3) is 0.200. The number of rotatable bonds is 1. The first kappa shape index (κ1) is 10.4. The number of hydrogen-bond acceptors (Lipinski definition) is 4. The maximum Gasteiger partial charge on any atom is 0.203 e. The first-order valence-corrected chi connectivity index (χ1v) is 5.55. The third-order valence-corrected chi connectivity index (χ3v) is 2.69. The topological polar surface area (TPSA) is 51.6 Å². The van der Waals surface area contributed by atoms with Crippen LogP contribution in [0.1, 0.15) is 11.4 Å². The summed E-state index contributed by atoms with van der Waals surface area (Å²) < 4.78 is 1.15. The van der Waals surface area contributed by atoms with Gasteiger partial charge in [-0.1, -0.05) is 6.07 Å². The normalized spacial score (nSPS) is 10.3. The predicted octanol–water partition coefficient (Wildman–Crippen LogP) is 2.16. The zero-order valence-electron chi connectivity index (χ0n) is 8.40. The molecule has 4 nitrogen and oxygen atoms in total. The van der Waals surface area contributed by atoms with Gasteiger partial charge in [-0.3, -0.25) is 0 Å². The Morgan fingerprint density at radius 2 is 1.67 bits per heavy atom. The summed E-state index contributed by atoms with van der Waals surface area (Å²) in [6, 6.07) is 6.12. The van der Waals surface area contributed by atoms with Crippen LogP contribution in [0.2, 0.25) is 0 Å². The lowest BCUT2D eigenvalue weighted by Gasteiger charge is -2.03. The van der Waals surface area contributed by atoms with Gasteiger partial charge in [0.2, 0.25) is 5.82 Å². The Kier molecular flexibility index (Phi) is 2.90. The molecule has 0 spiro atoms. The lowest BCUT2D eigenvalue weighted by Crippen LogP contribution is -1.99. The van der Waals surface area contributed by atoms with Gasteiger partial charge in [-0.05, 0) is 54.1 Å². The minimum Gasteiger partial charge on any atom is -0.131 e. The van der Waals surface area contributed by atoms with Gasteiger partial charge in [0.05, 0.1) is 0 Å². The van der Waals surface area contributed by atoms with Crippen LogP contribution in [0.3, 0.4) is 0 Å². The maximum atomic E-state index is 4.02. The van der Waals surface area contributed by atoms with E-state index in [2.05, 4.69) is 49.1 Å². The van der Waals surface area contributed by atoms with Crippen molar-refractivity contribution in [2.45, 2.75) is 13.8 Å². The predicted molar refractivity (Wildman–Crippen MR) is 65.2 cm³/mol. The summed E-state index contributed by atoms with van der Waals surface area (Å²) in [5.41, 5.74) is 2.12. The molecular formula is C10H9IN4. The first-order valence-electron chi connectivity index (χ1n) is 4.47. The number of hydrogen-bond donors (Lipinski definition) is 0. The van der Waals surface area contributed by atoms with E-state index >= 15 is 0 Å². The van der Waals surface area contributed by atoms with Gasteiger partial charge in [0, 0.05) is 9.13 Å². The number of aryl methyl sites for hydroxylation is 2. The van der Waals surface area contributed by atoms with E-state index in [1.165, 1.54) is 0 Å². The van der Waals surface area contributed by atoms with Gasteiger partial charge in [0.25, 0.3) is 0 Å². The molecule has 0 amide bonds. The minimum atomic E-state index is 0.580. The van der Waals surface area contributed by atoms with Crippen molar-refractivity contribution in [1.29, 1.82) is 0 Å². The Morgan fingerprint density at radius 3 is 2.33 bits per heavy atom. The summed E-state index contributed by atoms with van der Waals surface area (Å²) >= 11 is 2.26. The molecular weight excluding hydrogens is 303 g/mol. The second-order valence-electron chi connectivity index (χ2n) is 3.23. The fourth-order valence-corrected chi connectivity index (χ4v) is 1.71. The number of benzene rings is 1. The number of aromatic nitrogens is 4. The minimum absolute atomic E-state index is 0.580. The van der Waals surface area contributed by atoms with Gasteiger partial charge in [-0.15, -0.1) is 20.4 Å². The maximum absolute atomic E-state index is 4.02. The Bertz CT molecular complexity index is 481. The zero-order valence-corrected chi connectivity index (χ0v) is 10.6. The van der Waals surface area contributed by atoms with Crippen LogP contribution in [0.4, 0.5) is 0 Å². The van der Waals surface area contributed by atoms with E-state index in [-0.39, 0.29) is 0 Å². The summed E-state index contributed by atoms with van der Waals surface area (Å²) in [5, 5.41) is 15.8. The molecule has 0 saturated heterocycles. The van der Waals surface area contributed by atoms with E-state index in [4.69, 9.17) is 0 Å². The van der Waals surface area contributed by atoms with Crippen LogP contribution in [-0.2, 0) is 0 Å². The molecule has 0 N–H and O–H groups in total. The van der Waals surface area contributed by atoms with Gasteiger partial charge in [-0.2, -0.15) is 0 Å². The molecule has 0 bridgehead atoms. The lowest BCUT2D eigenvalue weighted by molar-refractivity contribution is 0.815. The molecule has 5 heteroatoms. The van der Waals surface area contributed by atoms with E-state index in [9.17, 15) is 0 Å². The Morgan fingerprint density at radius 1 is 1.00 bits per heavy atom. The molecule has 76 valence electrons. The van der Waals surface area contributed by atoms with E-state index in [0.717, 1.165) is 14.7 Å². The third-order valence-electron chi connectivity index (χ3n) is 2.02. The van der Waals surface area contributed by atoms with Crippen LogP contribution in [0.15, 0.2) is 18.2 Å². The Hall–Kier alpha value is -1.11. The van der Waals surface area contributed by atoms with Crippen molar-refractivity contribution < 1.29 is 0 Å². The third kappa shape index (κ3) is 2.28. The van der Waals surface area contributed by atoms with E-state index in [1.807, 2.05) is 19.1 Å². The summed E-state index contributed by atoms with van der Waals surface area (Å²) in [5.74, 6) is 1.17. The van der Waals surface area contributed by atoms with Crippen molar-refractivity contribution in [3.63, 3.8) is 0 Å². The molecule has 0 fully saturated rings. The van der Waals surface area contributed by atoms with Crippen LogP contribution >= 0.6 is 22.6 Å². The average molecular weight is 312 g/mol. The quantitative estimate of drug-likeness (QED) is 0.757. The molecule has 0 aliphatic rings. The molecule has 0 saturated carbocycles. The van der Waals surface area contributed by atoms with E-state index < -0.39 is 0 Å². The highest BCUT2D eigenvalue weighted by Crippen LogP contribution is 2.20. The summed E-state index contributed by atoms with van der Waals surface area (Å²) in [6.45, 7) is 3.79. The van der Waals surface area contributed by atoms with Gasteiger partial charge in [0.15, 0.2) is 5.82 Å². The first-order chi connectivity index (χ1) is 7.16. The van der Waals surface area contributed by atoms with Crippen LogP contribution in [0.25, 0.3) is 11.4 Å². The van der Waals surface area contributed by atoms with Gasteiger partial charge in [0.1, 0.15) is 0 Å². The lowest BCUT2D eigenvalue weighted by atomic mass is 10.1. The molecule has 0 unspecified atom stereocenters. The Balaban J connectivity index is 2.53. The Labute approximate surface area is 101 Å². The van der Waals surface area contributed by atoms with Crippen molar-refractivity contribution in [3.05, 3.63) is 33.2 Å². The molecule has 0 atom stereocenters. The second kappa shape index (κ2) is 4.18. The van der Waals surface area contributed by atoms with Crippen molar-refractivity contribution in [2.75, 3.05) is 0 Å². The van der Waals surface area contributed by atoms with E-state index in [1.54, 1.807) is 6.92 Å². The zero-order chi connectivity index (χ0) is 10.8. The van der Waals surface area contributed by atoms with Crippen LogP contribution in [0, 0.1) is 17.4 Å². The molecule has 0 aliphatic heterocycles. The average Bonchev–Trinajstić information content (AvgIpc) is 2.23. The second-order valence-corrected chi connectivity index (χ2v) is 4.48. The SMILES string of the molecule is Cc1nnc(-c2cc(I)ccc2C)nn1. The van der Waals surface area contributed by atoms with Crippen molar-refractivity contribution in [1.82, 2.24) is 20.4 Å². The van der Waals surface area contributed by atoms with Gasteiger partial charge >= 0.3 is 0 Å². The van der Waals surface area contributed by atoms with Gasteiger partial charge in [-0.25, -0.2) is 0 Å². The molecule has 1 heterocycles.